The number of benzene rings is 4. The van der Waals surface area contributed by atoms with Gasteiger partial charge in [0.15, 0.2) is 5.78 Å². The number of carbonyl (C=O) groups is 3. The first-order valence-corrected chi connectivity index (χ1v) is 15.1. The van der Waals surface area contributed by atoms with Crippen molar-refractivity contribution in [1.82, 2.24) is 4.57 Å². The molecule has 0 aliphatic heterocycles. The Labute approximate surface area is 249 Å². The summed E-state index contributed by atoms with van der Waals surface area (Å²) in [6, 6.07) is 26.9. The van der Waals surface area contributed by atoms with E-state index in [-0.39, 0.29) is 17.3 Å². The Hall–Kier alpha value is -4.49. The van der Waals surface area contributed by atoms with E-state index >= 15 is 0 Å². The van der Waals surface area contributed by atoms with E-state index in [2.05, 4.69) is 16.6 Å². The van der Waals surface area contributed by atoms with Crippen molar-refractivity contribution in [2.24, 2.45) is 5.16 Å². The molecule has 0 saturated heterocycles. The number of nitrogens with zero attached hydrogens (tertiary/aromatic N) is 2. The van der Waals surface area contributed by atoms with Gasteiger partial charge in [-0.05, 0) is 80.1 Å². The van der Waals surface area contributed by atoms with Crippen molar-refractivity contribution in [3.8, 4) is 0 Å². The second kappa shape index (κ2) is 12.6. The molecule has 212 valence electrons. The van der Waals surface area contributed by atoms with Crippen LogP contribution in [0.5, 0.6) is 0 Å². The highest BCUT2D eigenvalue weighted by Gasteiger charge is 2.20. The SMILES string of the molecule is CCn1c2ccc(C(=O)/C(CCc3ccccc3SC)=N/OC(C)=O)cc2c2cc(C(=O)c3ccccc3C)ccc21. The molecule has 4 aromatic carbocycles. The van der Waals surface area contributed by atoms with Crippen molar-refractivity contribution in [2.45, 2.75) is 45.1 Å². The topological polar surface area (TPSA) is 77.7 Å². The van der Waals surface area contributed by atoms with Crippen molar-refractivity contribution in [3.05, 3.63) is 113 Å². The molecule has 5 rings (SSSR count). The number of aryl methyl sites for hydroxylation is 3. The normalized spacial score (nSPS) is 11.7. The highest BCUT2D eigenvalue weighted by atomic mass is 32.2. The summed E-state index contributed by atoms with van der Waals surface area (Å²) in [6.07, 6.45) is 2.90. The first-order valence-electron chi connectivity index (χ1n) is 13.9. The van der Waals surface area contributed by atoms with Gasteiger partial charge >= 0.3 is 5.97 Å². The lowest BCUT2D eigenvalue weighted by molar-refractivity contribution is -0.140. The number of oxime groups is 1. The highest BCUT2D eigenvalue weighted by Crippen LogP contribution is 2.32. The molecule has 0 fully saturated rings. The Kier molecular flexibility index (Phi) is 8.69. The molecular weight excluding hydrogens is 544 g/mol. The Morgan fingerprint density at radius 1 is 0.857 bits per heavy atom. The lowest BCUT2D eigenvalue weighted by atomic mass is 9.97. The van der Waals surface area contributed by atoms with Crippen molar-refractivity contribution >= 4 is 56.8 Å². The fraction of sp³-hybridized carbons (Fsp3) is 0.200. The average Bonchev–Trinajstić information content (AvgIpc) is 3.32. The smallest absolute Gasteiger partial charge is 0.331 e. The minimum atomic E-state index is -0.586. The largest absolute Gasteiger partial charge is 0.341 e. The number of hydrogen-bond donors (Lipinski definition) is 0. The summed E-state index contributed by atoms with van der Waals surface area (Å²) in [7, 11) is 0. The molecule has 0 radical (unpaired) electrons. The number of rotatable bonds is 10. The maximum Gasteiger partial charge on any atom is 0.331 e. The summed E-state index contributed by atoms with van der Waals surface area (Å²) in [4.78, 5) is 44.9. The van der Waals surface area contributed by atoms with Gasteiger partial charge in [-0.15, -0.1) is 11.8 Å². The number of carbonyl (C=O) groups excluding carboxylic acids is 3. The molecule has 0 aliphatic rings. The van der Waals surface area contributed by atoms with Gasteiger partial charge in [0.05, 0.1) is 0 Å². The Balaban J connectivity index is 1.55. The van der Waals surface area contributed by atoms with Crippen molar-refractivity contribution < 1.29 is 19.2 Å². The summed E-state index contributed by atoms with van der Waals surface area (Å²) in [5, 5.41) is 5.74. The van der Waals surface area contributed by atoms with Crippen molar-refractivity contribution in [3.63, 3.8) is 0 Å². The molecule has 42 heavy (non-hydrogen) atoms. The van der Waals surface area contributed by atoms with Gasteiger partial charge in [0.25, 0.3) is 0 Å². The van der Waals surface area contributed by atoms with E-state index < -0.39 is 5.97 Å². The van der Waals surface area contributed by atoms with Gasteiger partial charge in [-0.25, -0.2) is 4.79 Å². The molecule has 1 heterocycles. The second-order valence-electron chi connectivity index (χ2n) is 10.1. The Morgan fingerprint density at radius 2 is 1.50 bits per heavy atom. The Morgan fingerprint density at radius 3 is 2.17 bits per heavy atom. The van der Waals surface area contributed by atoms with Crippen molar-refractivity contribution in [1.29, 1.82) is 0 Å². The molecule has 0 amide bonds. The van der Waals surface area contributed by atoms with E-state index in [4.69, 9.17) is 4.84 Å². The van der Waals surface area contributed by atoms with Crippen molar-refractivity contribution in [2.75, 3.05) is 6.26 Å². The van der Waals surface area contributed by atoms with Crippen LogP contribution in [0.25, 0.3) is 21.8 Å². The molecule has 0 saturated carbocycles. The van der Waals surface area contributed by atoms with Gasteiger partial charge < -0.3 is 9.40 Å². The first-order chi connectivity index (χ1) is 20.3. The van der Waals surface area contributed by atoms with Crippen LogP contribution >= 0.6 is 11.8 Å². The molecule has 1 aromatic heterocycles. The van der Waals surface area contributed by atoms with Crippen LogP contribution in [0.15, 0.2) is 95.0 Å². The van der Waals surface area contributed by atoms with Gasteiger partial charge in [0.1, 0.15) is 5.71 Å². The molecule has 0 N–H and O–H groups in total. The van der Waals surface area contributed by atoms with Crippen LogP contribution in [0.4, 0.5) is 0 Å². The molecule has 0 unspecified atom stereocenters. The van der Waals surface area contributed by atoms with Crippen LogP contribution < -0.4 is 0 Å². The van der Waals surface area contributed by atoms with Gasteiger partial charge in [-0.1, -0.05) is 47.6 Å². The molecule has 0 aliphatic carbocycles. The van der Waals surface area contributed by atoms with Crippen LogP contribution in [0, 0.1) is 6.92 Å². The number of fused-ring (bicyclic) bond motifs is 3. The zero-order valence-electron chi connectivity index (χ0n) is 24.1. The van der Waals surface area contributed by atoms with E-state index in [9.17, 15) is 14.4 Å². The summed E-state index contributed by atoms with van der Waals surface area (Å²) >= 11 is 1.64. The predicted octanol–water partition coefficient (Wildman–Crippen LogP) is 7.81. The quantitative estimate of drug-likeness (QED) is 0.0557. The highest BCUT2D eigenvalue weighted by molar-refractivity contribution is 7.98. The molecular formula is C35H32N2O4S. The van der Waals surface area contributed by atoms with Crippen LogP contribution in [0.3, 0.4) is 0 Å². The van der Waals surface area contributed by atoms with E-state index in [1.165, 1.54) is 6.92 Å². The predicted molar refractivity (Wildman–Crippen MR) is 170 cm³/mol. The van der Waals surface area contributed by atoms with Crippen LogP contribution in [0.1, 0.15) is 57.7 Å². The molecule has 0 bridgehead atoms. The van der Waals surface area contributed by atoms with Crippen LogP contribution in [0.2, 0.25) is 0 Å². The van der Waals surface area contributed by atoms with Gasteiger partial charge in [0.2, 0.25) is 5.78 Å². The van der Waals surface area contributed by atoms with Crippen LogP contribution in [-0.4, -0.2) is 34.1 Å². The molecule has 7 heteroatoms. The standard InChI is InChI=1S/C35H32N2O4S/c1-5-37-31-18-15-25(34(39)27-12-8-6-10-22(27)2)20-28(31)29-21-26(16-19-32(29)37)35(40)30(36-41-23(3)38)17-14-24-11-7-9-13-33(24)42-4/h6-13,15-16,18-21H,5,14,17H2,1-4H3/b36-30+. The summed E-state index contributed by atoms with van der Waals surface area (Å²) in [5.74, 6) is -0.928. The third kappa shape index (κ3) is 5.78. The van der Waals surface area contributed by atoms with Gasteiger partial charge in [-0.2, -0.15) is 0 Å². The van der Waals surface area contributed by atoms with Gasteiger partial charge in [0, 0.05) is 63.3 Å². The number of Topliss-reactive ketones (excluding diaryl/α,β-unsaturated/α-hetero) is 1. The number of hydrogen-bond acceptors (Lipinski definition) is 6. The van der Waals surface area contributed by atoms with E-state index in [0.29, 0.717) is 29.5 Å². The lowest BCUT2D eigenvalue weighted by Gasteiger charge is -2.09. The molecule has 5 aromatic rings. The first kappa shape index (κ1) is 29.0. The Bertz CT molecular complexity index is 1870. The summed E-state index contributed by atoms with van der Waals surface area (Å²) in [6.45, 7) is 5.99. The molecule has 0 atom stereocenters. The van der Waals surface area contributed by atoms with E-state index in [1.807, 2.05) is 92.0 Å². The second-order valence-corrected chi connectivity index (χ2v) is 11.0. The number of aromatic nitrogens is 1. The molecule has 6 nitrogen and oxygen atoms in total. The summed E-state index contributed by atoms with van der Waals surface area (Å²) in [5.41, 5.74) is 5.85. The van der Waals surface area contributed by atoms with Crippen LogP contribution in [-0.2, 0) is 22.6 Å². The van der Waals surface area contributed by atoms with E-state index in [1.54, 1.807) is 17.8 Å². The zero-order chi connectivity index (χ0) is 29.8. The fourth-order valence-corrected chi connectivity index (χ4v) is 6.01. The number of thioether (sulfide) groups is 1. The van der Waals surface area contributed by atoms with Gasteiger partial charge in [-0.3, -0.25) is 9.59 Å². The minimum Gasteiger partial charge on any atom is -0.341 e. The fourth-order valence-electron chi connectivity index (χ4n) is 5.36. The third-order valence-corrected chi connectivity index (χ3v) is 8.30. The lowest BCUT2D eigenvalue weighted by Crippen LogP contribution is -2.17. The maximum absolute atomic E-state index is 13.8. The minimum absolute atomic E-state index is 0.0408. The third-order valence-electron chi connectivity index (χ3n) is 7.47. The van der Waals surface area contributed by atoms with E-state index in [0.717, 1.165) is 44.4 Å². The number of ketones is 2. The zero-order valence-corrected chi connectivity index (χ0v) is 25.0. The summed E-state index contributed by atoms with van der Waals surface area (Å²) < 4.78 is 2.17. The molecule has 0 spiro atoms. The maximum atomic E-state index is 13.8. The monoisotopic (exact) mass is 576 g/mol. The average molecular weight is 577 g/mol.